The second-order valence-electron chi connectivity index (χ2n) is 4.87. The fraction of sp³-hybridized carbons (Fsp3) is 0.571. The van der Waals surface area contributed by atoms with Crippen molar-refractivity contribution in [3.8, 4) is 5.75 Å². The first-order valence-corrected chi connectivity index (χ1v) is 6.42. The maximum absolute atomic E-state index is 10.2. The van der Waals surface area contributed by atoms with Crippen molar-refractivity contribution in [3.05, 3.63) is 28.8 Å². The van der Waals surface area contributed by atoms with Gasteiger partial charge in [0.15, 0.2) is 0 Å². The molecular formula is C14H21ClO. The van der Waals surface area contributed by atoms with Crippen molar-refractivity contribution in [3.63, 3.8) is 0 Å². The van der Waals surface area contributed by atoms with Gasteiger partial charge < -0.3 is 5.11 Å². The van der Waals surface area contributed by atoms with E-state index in [4.69, 9.17) is 11.6 Å². The molecule has 1 N–H and O–H groups in total. The van der Waals surface area contributed by atoms with Gasteiger partial charge in [0.25, 0.3) is 0 Å². The molecule has 0 spiro atoms. The highest BCUT2D eigenvalue weighted by Gasteiger charge is 2.14. The predicted octanol–water partition coefficient (Wildman–Crippen LogP) is 4.42. The molecule has 1 nitrogen and oxygen atoms in total. The summed E-state index contributed by atoms with van der Waals surface area (Å²) in [6, 6.07) is 4.16. The fourth-order valence-electron chi connectivity index (χ4n) is 1.88. The molecule has 0 saturated heterocycles. The minimum absolute atomic E-state index is 0.341. The van der Waals surface area contributed by atoms with Crippen LogP contribution in [0.15, 0.2) is 12.1 Å². The Bertz CT molecular complexity index is 327. The average molecular weight is 241 g/mol. The number of benzene rings is 1. The molecular weight excluding hydrogens is 220 g/mol. The zero-order valence-corrected chi connectivity index (χ0v) is 11.3. The van der Waals surface area contributed by atoms with Crippen molar-refractivity contribution in [2.45, 2.75) is 46.0 Å². The Morgan fingerprint density at radius 1 is 1.06 bits per heavy atom. The highest BCUT2D eigenvalue weighted by atomic mass is 35.5. The Hall–Kier alpha value is -0.690. The van der Waals surface area contributed by atoms with E-state index in [9.17, 15) is 5.11 Å². The molecule has 0 unspecified atom stereocenters. The van der Waals surface area contributed by atoms with E-state index in [0.29, 0.717) is 23.5 Å². The van der Waals surface area contributed by atoms with Crippen LogP contribution in [0.25, 0.3) is 0 Å². The molecule has 90 valence electrons. The first-order chi connectivity index (χ1) is 7.47. The molecule has 0 aliphatic rings. The first-order valence-electron chi connectivity index (χ1n) is 5.89. The Balaban J connectivity index is 3.27. The van der Waals surface area contributed by atoms with E-state index >= 15 is 0 Å². The van der Waals surface area contributed by atoms with Crippen molar-refractivity contribution in [1.82, 2.24) is 0 Å². The zero-order chi connectivity index (χ0) is 12.3. The Morgan fingerprint density at radius 3 is 1.81 bits per heavy atom. The number of rotatable bonds is 4. The summed E-state index contributed by atoms with van der Waals surface area (Å²) in [6.45, 7) is 8.40. The van der Waals surface area contributed by atoms with Crippen LogP contribution in [0, 0.1) is 0 Å². The third-order valence-corrected chi connectivity index (χ3v) is 3.04. The molecule has 0 heterocycles. The van der Waals surface area contributed by atoms with Crippen molar-refractivity contribution in [2.75, 3.05) is 5.88 Å². The topological polar surface area (TPSA) is 20.2 Å². The van der Waals surface area contributed by atoms with Gasteiger partial charge in [-0.05, 0) is 34.9 Å². The summed E-state index contributed by atoms with van der Waals surface area (Å²) in [6.07, 6.45) is 0.862. The second kappa shape index (κ2) is 5.58. The van der Waals surface area contributed by atoms with Crippen LogP contribution in [0.1, 0.15) is 56.2 Å². The highest BCUT2D eigenvalue weighted by molar-refractivity contribution is 6.17. The molecule has 0 radical (unpaired) electrons. The third-order valence-electron chi connectivity index (χ3n) is 2.86. The molecule has 2 heteroatoms. The predicted molar refractivity (Wildman–Crippen MR) is 70.7 cm³/mol. The number of aromatic hydroxyl groups is 1. The standard InChI is InChI=1S/C14H21ClO/c1-9(2)12-7-11(5-6-15)8-13(10(3)4)14(12)16/h7-10,16H,5-6H2,1-4H3. The summed E-state index contributed by atoms with van der Waals surface area (Å²) >= 11 is 5.78. The van der Waals surface area contributed by atoms with E-state index in [1.165, 1.54) is 5.56 Å². The van der Waals surface area contributed by atoms with Gasteiger partial charge in [0, 0.05) is 5.88 Å². The number of halogens is 1. The summed E-state index contributed by atoms with van der Waals surface area (Å²) in [5, 5.41) is 10.2. The van der Waals surface area contributed by atoms with E-state index in [2.05, 4.69) is 39.8 Å². The summed E-state index contributed by atoms with van der Waals surface area (Å²) in [4.78, 5) is 0. The number of hydrogen-bond donors (Lipinski definition) is 1. The quantitative estimate of drug-likeness (QED) is 0.773. The largest absolute Gasteiger partial charge is 0.507 e. The molecule has 0 atom stereocenters. The van der Waals surface area contributed by atoms with Gasteiger partial charge in [-0.3, -0.25) is 0 Å². The van der Waals surface area contributed by atoms with Gasteiger partial charge in [0.05, 0.1) is 0 Å². The van der Waals surface area contributed by atoms with Gasteiger partial charge >= 0.3 is 0 Å². The number of hydrogen-bond acceptors (Lipinski definition) is 1. The molecule has 0 saturated carbocycles. The third kappa shape index (κ3) is 2.91. The molecule has 1 aromatic rings. The summed E-state index contributed by atoms with van der Waals surface area (Å²) in [7, 11) is 0. The Morgan fingerprint density at radius 2 is 1.50 bits per heavy atom. The SMILES string of the molecule is CC(C)c1cc(CCCl)cc(C(C)C)c1O. The maximum atomic E-state index is 10.2. The van der Waals surface area contributed by atoms with E-state index in [1.54, 1.807) is 0 Å². The lowest BCUT2D eigenvalue weighted by atomic mass is 9.91. The van der Waals surface area contributed by atoms with Crippen LogP contribution in [-0.4, -0.2) is 11.0 Å². The molecule has 0 aromatic heterocycles. The summed E-state index contributed by atoms with van der Waals surface area (Å²) in [5.41, 5.74) is 3.29. The van der Waals surface area contributed by atoms with Crippen molar-refractivity contribution >= 4 is 11.6 Å². The molecule has 0 aliphatic carbocycles. The molecule has 1 rings (SSSR count). The van der Waals surface area contributed by atoms with Gasteiger partial charge in [0.1, 0.15) is 5.75 Å². The van der Waals surface area contributed by atoms with Gasteiger partial charge in [-0.25, -0.2) is 0 Å². The molecule has 1 aromatic carbocycles. The minimum atomic E-state index is 0.341. The van der Waals surface area contributed by atoms with E-state index in [1.807, 2.05) is 0 Å². The number of alkyl halides is 1. The average Bonchev–Trinajstić information content (AvgIpc) is 2.19. The molecule has 0 bridgehead atoms. The second-order valence-corrected chi connectivity index (χ2v) is 5.25. The van der Waals surface area contributed by atoms with Crippen LogP contribution in [-0.2, 0) is 6.42 Å². The van der Waals surface area contributed by atoms with Crippen molar-refractivity contribution in [2.24, 2.45) is 0 Å². The summed E-state index contributed by atoms with van der Waals surface area (Å²) < 4.78 is 0. The van der Waals surface area contributed by atoms with E-state index in [-0.39, 0.29) is 0 Å². The van der Waals surface area contributed by atoms with Gasteiger partial charge in [0.2, 0.25) is 0 Å². The fourth-order valence-corrected chi connectivity index (χ4v) is 2.10. The first kappa shape index (κ1) is 13.4. The monoisotopic (exact) mass is 240 g/mol. The van der Waals surface area contributed by atoms with E-state index < -0.39 is 0 Å². The number of aryl methyl sites for hydroxylation is 1. The molecule has 0 amide bonds. The van der Waals surface area contributed by atoms with E-state index in [0.717, 1.165) is 17.5 Å². The van der Waals surface area contributed by atoms with Crippen LogP contribution >= 0.6 is 11.6 Å². The summed E-state index contributed by atoms with van der Waals surface area (Å²) in [5.74, 6) is 1.77. The smallest absolute Gasteiger partial charge is 0.122 e. The normalized spacial score (nSPS) is 11.4. The van der Waals surface area contributed by atoms with Gasteiger partial charge in [-0.15, -0.1) is 11.6 Å². The number of phenols is 1. The van der Waals surface area contributed by atoms with Crippen molar-refractivity contribution < 1.29 is 5.11 Å². The van der Waals surface area contributed by atoms with Gasteiger partial charge in [-0.1, -0.05) is 39.8 Å². The number of phenolic OH excluding ortho intramolecular Hbond substituents is 1. The lowest BCUT2D eigenvalue weighted by Crippen LogP contribution is -1.99. The lowest BCUT2D eigenvalue weighted by molar-refractivity contribution is 0.454. The van der Waals surface area contributed by atoms with Crippen molar-refractivity contribution in [1.29, 1.82) is 0 Å². The zero-order valence-electron chi connectivity index (χ0n) is 10.5. The molecule has 16 heavy (non-hydrogen) atoms. The minimum Gasteiger partial charge on any atom is -0.507 e. The van der Waals surface area contributed by atoms with Crippen LogP contribution in [0.4, 0.5) is 0 Å². The lowest BCUT2D eigenvalue weighted by Gasteiger charge is -2.17. The molecule has 0 aliphatic heterocycles. The molecule has 0 fully saturated rings. The maximum Gasteiger partial charge on any atom is 0.122 e. The van der Waals surface area contributed by atoms with Crippen LogP contribution in [0.5, 0.6) is 5.75 Å². The van der Waals surface area contributed by atoms with Crippen LogP contribution in [0.3, 0.4) is 0 Å². The van der Waals surface area contributed by atoms with Gasteiger partial charge in [-0.2, -0.15) is 0 Å². The highest BCUT2D eigenvalue weighted by Crippen LogP contribution is 2.34. The van der Waals surface area contributed by atoms with Crippen LogP contribution < -0.4 is 0 Å². The van der Waals surface area contributed by atoms with Crippen LogP contribution in [0.2, 0.25) is 0 Å². The Labute approximate surface area is 103 Å². The Kier molecular flexibility index (Phi) is 4.67.